The molecule has 0 saturated carbocycles. The molecule has 0 radical (unpaired) electrons. The fourth-order valence-electron chi connectivity index (χ4n) is 4.46. The van der Waals surface area contributed by atoms with Gasteiger partial charge in [0.05, 0.1) is 0 Å². The van der Waals surface area contributed by atoms with Gasteiger partial charge in [0.2, 0.25) is 0 Å². The molecule has 6 aromatic carbocycles. The Morgan fingerprint density at radius 2 is 0.633 bits per heavy atom. The van der Waals surface area contributed by atoms with E-state index < -0.39 is 0 Å². The quantitative estimate of drug-likeness (QED) is 0.203. The van der Waals surface area contributed by atoms with E-state index >= 15 is 0 Å². The number of halogens is 2. The molecule has 0 heterocycles. The summed E-state index contributed by atoms with van der Waals surface area (Å²) in [4.78, 5) is 0. The summed E-state index contributed by atoms with van der Waals surface area (Å²) in [5.74, 6) is 0. The summed E-state index contributed by atoms with van der Waals surface area (Å²) < 4.78 is 2.20. The Hall–Kier alpha value is -2.68. The van der Waals surface area contributed by atoms with Crippen molar-refractivity contribution >= 4 is 64.2 Å². The number of hydrogen-bond acceptors (Lipinski definition) is 0. The van der Waals surface area contributed by atoms with E-state index in [2.05, 4.69) is 129 Å². The molecule has 0 aromatic heterocycles. The van der Waals surface area contributed by atoms with Crippen molar-refractivity contribution in [2.24, 2.45) is 0 Å². The van der Waals surface area contributed by atoms with Gasteiger partial charge in [-0.15, -0.1) is 0 Å². The first-order chi connectivity index (χ1) is 14.7. The fourth-order valence-corrected chi connectivity index (χ4v) is 4.98. The molecule has 0 N–H and O–H groups in total. The molecule has 0 fully saturated rings. The van der Waals surface area contributed by atoms with Gasteiger partial charge in [-0.1, -0.05) is 80.4 Å². The van der Waals surface area contributed by atoms with Crippen LogP contribution in [0.25, 0.3) is 54.6 Å². The van der Waals surface area contributed by atoms with Crippen LogP contribution < -0.4 is 0 Å². The predicted molar refractivity (Wildman–Crippen MR) is 136 cm³/mol. The summed E-state index contributed by atoms with van der Waals surface area (Å²) in [5.41, 5.74) is 4.98. The van der Waals surface area contributed by atoms with Crippen LogP contribution in [0.15, 0.2) is 106 Å². The van der Waals surface area contributed by atoms with Crippen LogP contribution in [-0.4, -0.2) is 0 Å². The third kappa shape index (κ3) is 2.94. The second kappa shape index (κ2) is 6.94. The first kappa shape index (κ1) is 18.1. The highest BCUT2D eigenvalue weighted by Crippen LogP contribution is 2.39. The fraction of sp³-hybridized carbons (Fsp3) is 0. The van der Waals surface area contributed by atoms with Crippen molar-refractivity contribution in [3.8, 4) is 22.3 Å². The summed E-state index contributed by atoms with van der Waals surface area (Å²) in [7, 11) is 0. The molecule has 0 atom stereocenters. The van der Waals surface area contributed by atoms with Crippen LogP contribution in [0.4, 0.5) is 0 Å². The summed E-state index contributed by atoms with van der Waals surface area (Å²) in [6.45, 7) is 0. The highest BCUT2D eigenvalue weighted by atomic mass is 79.9. The molecular weight excluding hydrogens is 496 g/mol. The second-order valence-electron chi connectivity index (χ2n) is 7.74. The Morgan fingerprint density at radius 1 is 0.333 bits per heavy atom. The number of rotatable bonds is 2. The maximum atomic E-state index is 3.53. The lowest BCUT2D eigenvalue weighted by atomic mass is 9.89. The normalized spacial score (nSPS) is 11.7. The van der Waals surface area contributed by atoms with Crippen LogP contribution in [0.3, 0.4) is 0 Å². The van der Waals surface area contributed by atoms with Crippen molar-refractivity contribution < 1.29 is 0 Å². The largest absolute Gasteiger partial charge is 0.0537 e. The molecular formula is C28H16Br2. The third-order valence-electron chi connectivity index (χ3n) is 5.89. The lowest BCUT2D eigenvalue weighted by Gasteiger charge is -2.14. The van der Waals surface area contributed by atoms with Crippen molar-refractivity contribution in [3.63, 3.8) is 0 Å². The Morgan fingerprint density at radius 3 is 0.933 bits per heavy atom. The lowest BCUT2D eigenvalue weighted by molar-refractivity contribution is 1.61. The number of benzene rings is 6. The topological polar surface area (TPSA) is 0 Å². The average Bonchev–Trinajstić information content (AvgIpc) is 2.78. The van der Waals surface area contributed by atoms with E-state index in [-0.39, 0.29) is 0 Å². The summed E-state index contributed by atoms with van der Waals surface area (Å²) in [6.07, 6.45) is 0. The van der Waals surface area contributed by atoms with E-state index in [0.717, 1.165) is 8.95 Å². The van der Waals surface area contributed by atoms with Crippen LogP contribution in [0.1, 0.15) is 0 Å². The van der Waals surface area contributed by atoms with E-state index in [9.17, 15) is 0 Å². The van der Waals surface area contributed by atoms with Gasteiger partial charge in [0.1, 0.15) is 0 Å². The maximum absolute atomic E-state index is 3.53. The van der Waals surface area contributed by atoms with Crippen LogP contribution in [0, 0.1) is 0 Å². The first-order valence-corrected chi connectivity index (χ1v) is 11.5. The summed E-state index contributed by atoms with van der Waals surface area (Å²) in [6, 6.07) is 35.4. The molecule has 6 aromatic rings. The van der Waals surface area contributed by atoms with Crippen LogP contribution in [0.5, 0.6) is 0 Å². The van der Waals surface area contributed by atoms with Crippen LogP contribution in [0.2, 0.25) is 0 Å². The van der Waals surface area contributed by atoms with Gasteiger partial charge < -0.3 is 0 Å². The minimum Gasteiger partial charge on any atom is -0.0537 e. The molecule has 142 valence electrons. The second-order valence-corrected chi connectivity index (χ2v) is 9.57. The predicted octanol–water partition coefficient (Wildman–Crippen LogP) is 9.44. The lowest BCUT2D eigenvalue weighted by Crippen LogP contribution is -1.87. The highest BCUT2D eigenvalue weighted by molar-refractivity contribution is 9.10. The molecule has 0 aliphatic carbocycles. The van der Waals surface area contributed by atoms with Gasteiger partial charge in [-0.25, -0.2) is 0 Å². The summed E-state index contributed by atoms with van der Waals surface area (Å²) in [5, 5.41) is 7.88. The Kier molecular flexibility index (Phi) is 4.19. The van der Waals surface area contributed by atoms with Crippen LogP contribution >= 0.6 is 31.9 Å². The molecule has 0 nitrogen and oxygen atoms in total. The molecule has 0 spiro atoms. The maximum Gasteiger partial charge on any atom is 0.0175 e. The zero-order valence-corrected chi connectivity index (χ0v) is 19.2. The van der Waals surface area contributed by atoms with Gasteiger partial charge in [-0.3, -0.25) is 0 Å². The Balaban J connectivity index is 1.59. The van der Waals surface area contributed by atoms with E-state index in [4.69, 9.17) is 0 Å². The SMILES string of the molecule is Brc1ccc(-c2cc3ccc4cc(-c5ccc(Br)cc5)cc5ccc(c2)c3c45)cc1. The zero-order chi connectivity index (χ0) is 20.2. The van der Waals surface area contributed by atoms with Gasteiger partial charge in [0, 0.05) is 8.95 Å². The molecule has 6 rings (SSSR count). The minimum absolute atomic E-state index is 1.10. The van der Waals surface area contributed by atoms with Gasteiger partial charge in [-0.2, -0.15) is 0 Å². The van der Waals surface area contributed by atoms with Gasteiger partial charge >= 0.3 is 0 Å². The van der Waals surface area contributed by atoms with Crippen molar-refractivity contribution in [2.45, 2.75) is 0 Å². The molecule has 2 heteroatoms. The van der Waals surface area contributed by atoms with Crippen molar-refractivity contribution in [3.05, 3.63) is 106 Å². The Labute approximate surface area is 191 Å². The molecule has 30 heavy (non-hydrogen) atoms. The summed E-state index contributed by atoms with van der Waals surface area (Å²) >= 11 is 7.07. The van der Waals surface area contributed by atoms with Crippen molar-refractivity contribution in [1.29, 1.82) is 0 Å². The molecule has 0 saturated heterocycles. The smallest absolute Gasteiger partial charge is 0.0175 e. The van der Waals surface area contributed by atoms with Crippen molar-refractivity contribution in [2.75, 3.05) is 0 Å². The highest BCUT2D eigenvalue weighted by Gasteiger charge is 2.12. The first-order valence-electron chi connectivity index (χ1n) is 9.90. The van der Waals surface area contributed by atoms with E-state index in [1.807, 2.05) is 0 Å². The Bertz CT molecular complexity index is 1340. The third-order valence-corrected chi connectivity index (χ3v) is 6.95. The van der Waals surface area contributed by atoms with Gasteiger partial charge in [0.15, 0.2) is 0 Å². The standard InChI is InChI=1S/C28H16Br2/c29-25-9-5-17(6-10-25)23-13-19-1-2-20-14-24(18-7-11-26(30)12-8-18)16-22-4-3-21(15-23)27(19)28(20)22/h1-16H. The van der Waals surface area contributed by atoms with Crippen LogP contribution in [-0.2, 0) is 0 Å². The van der Waals surface area contributed by atoms with Gasteiger partial charge in [-0.05, 0) is 103 Å². The minimum atomic E-state index is 1.10. The number of hydrogen-bond donors (Lipinski definition) is 0. The molecule has 0 aliphatic rings. The monoisotopic (exact) mass is 510 g/mol. The molecule has 0 bridgehead atoms. The van der Waals surface area contributed by atoms with E-state index in [0.29, 0.717) is 0 Å². The van der Waals surface area contributed by atoms with E-state index in [1.165, 1.54) is 54.6 Å². The molecule has 0 amide bonds. The molecule has 0 aliphatic heterocycles. The molecule has 0 unspecified atom stereocenters. The van der Waals surface area contributed by atoms with Crippen molar-refractivity contribution in [1.82, 2.24) is 0 Å². The average molecular weight is 512 g/mol. The van der Waals surface area contributed by atoms with Gasteiger partial charge in [0.25, 0.3) is 0 Å². The zero-order valence-electron chi connectivity index (χ0n) is 16.0. The van der Waals surface area contributed by atoms with E-state index in [1.54, 1.807) is 0 Å².